The number of likely N-dealkylation sites (tertiary alicyclic amines) is 1. The number of amides is 1. The van der Waals surface area contributed by atoms with Gasteiger partial charge in [0, 0.05) is 36.8 Å². The van der Waals surface area contributed by atoms with Crippen LogP contribution < -0.4 is 5.73 Å². The zero-order valence-corrected chi connectivity index (χ0v) is 15.1. The van der Waals surface area contributed by atoms with Crippen LogP contribution in [0.25, 0.3) is 21.9 Å². The van der Waals surface area contributed by atoms with Gasteiger partial charge < -0.3 is 15.7 Å². The molecule has 4 rings (SSSR count). The van der Waals surface area contributed by atoms with Crippen LogP contribution in [0.5, 0.6) is 0 Å². The summed E-state index contributed by atoms with van der Waals surface area (Å²) < 4.78 is 0. The Morgan fingerprint density at radius 1 is 1.04 bits per heavy atom. The van der Waals surface area contributed by atoms with E-state index in [1.807, 2.05) is 41.3 Å². The van der Waals surface area contributed by atoms with Crippen LogP contribution in [0.15, 0.2) is 54.7 Å². The quantitative estimate of drug-likeness (QED) is 0.750. The van der Waals surface area contributed by atoms with Gasteiger partial charge in [0.1, 0.15) is 5.82 Å². The van der Waals surface area contributed by atoms with Crippen molar-refractivity contribution < 1.29 is 9.90 Å². The SMILES string of the molecule is Nc1cc2cc(-c3ccc(C(=O)N4CCC(CO)CC4)cc3)ccc2cn1. The first-order valence-electron chi connectivity index (χ1n) is 9.30. The van der Waals surface area contributed by atoms with Gasteiger partial charge in [-0.15, -0.1) is 0 Å². The highest BCUT2D eigenvalue weighted by Gasteiger charge is 2.23. The number of nitrogens with zero attached hydrogens (tertiary/aromatic N) is 2. The summed E-state index contributed by atoms with van der Waals surface area (Å²) in [6, 6.07) is 15.8. The molecule has 5 heteroatoms. The maximum atomic E-state index is 12.7. The first-order valence-corrected chi connectivity index (χ1v) is 9.30. The third kappa shape index (κ3) is 3.64. The average molecular weight is 361 g/mol. The molecule has 1 fully saturated rings. The third-order valence-corrected chi connectivity index (χ3v) is 5.37. The number of nitrogen functional groups attached to an aromatic ring is 1. The van der Waals surface area contributed by atoms with E-state index in [1.165, 1.54) is 0 Å². The number of hydrogen-bond acceptors (Lipinski definition) is 4. The number of carbonyl (C=O) groups excluding carboxylic acids is 1. The summed E-state index contributed by atoms with van der Waals surface area (Å²) in [5.41, 5.74) is 8.63. The summed E-state index contributed by atoms with van der Waals surface area (Å²) in [7, 11) is 0. The van der Waals surface area contributed by atoms with Gasteiger partial charge >= 0.3 is 0 Å². The van der Waals surface area contributed by atoms with Crippen molar-refractivity contribution in [2.45, 2.75) is 12.8 Å². The lowest BCUT2D eigenvalue weighted by molar-refractivity contribution is 0.0651. The molecule has 0 spiro atoms. The van der Waals surface area contributed by atoms with E-state index in [1.54, 1.807) is 6.20 Å². The Morgan fingerprint density at radius 2 is 1.74 bits per heavy atom. The van der Waals surface area contributed by atoms with Gasteiger partial charge in [-0.2, -0.15) is 0 Å². The van der Waals surface area contributed by atoms with Crippen molar-refractivity contribution in [2.75, 3.05) is 25.4 Å². The van der Waals surface area contributed by atoms with Gasteiger partial charge in [0.25, 0.3) is 5.91 Å². The van der Waals surface area contributed by atoms with Crippen molar-refractivity contribution in [1.82, 2.24) is 9.88 Å². The van der Waals surface area contributed by atoms with Crippen LogP contribution in [0.2, 0.25) is 0 Å². The number of piperidine rings is 1. The lowest BCUT2D eigenvalue weighted by Gasteiger charge is -2.31. The topological polar surface area (TPSA) is 79.5 Å². The van der Waals surface area contributed by atoms with E-state index in [0.717, 1.165) is 34.7 Å². The highest BCUT2D eigenvalue weighted by atomic mass is 16.3. The number of anilines is 1. The Morgan fingerprint density at radius 3 is 2.44 bits per heavy atom. The van der Waals surface area contributed by atoms with Crippen molar-refractivity contribution in [3.8, 4) is 11.1 Å². The Hall–Kier alpha value is -2.92. The number of fused-ring (bicyclic) bond motifs is 1. The number of rotatable bonds is 3. The van der Waals surface area contributed by atoms with Crippen LogP contribution in [-0.4, -0.2) is 40.6 Å². The van der Waals surface area contributed by atoms with Crippen LogP contribution >= 0.6 is 0 Å². The minimum absolute atomic E-state index is 0.0651. The molecule has 2 aromatic carbocycles. The number of carbonyl (C=O) groups is 1. The second kappa shape index (κ2) is 7.37. The predicted molar refractivity (Wildman–Crippen MR) is 107 cm³/mol. The summed E-state index contributed by atoms with van der Waals surface area (Å²) in [6.07, 6.45) is 3.51. The summed E-state index contributed by atoms with van der Waals surface area (Å²) in [5, 5.41) is 11.3. The molecule has 1 aliphatic heterocycles. The lowest BCUT2D eigenvalue weighted by atomic mass is 9.97. The van der Waals surface area contributed by atoms with E-state index in [9.17, 15) is 9.90 Å². The fourth-order valence-corrected chi connectivity index (χ4v) is 3.64. The van der Waals surface area contributed by atoms with E-state index >= 15 is 0 Å². The van der Waals surface area contributed by atoms with Gasteiger partial charge in [-0.3, -0.25) is 4.79 Å². The summed E-state index contributed by atoms with van der Waals surface area (Å²) >= 11 is 0. The summed E-state index contributed by atoms with van der Waals surface area (Å²) in [4.78, 5) is 18.7. The number of pyridine rings is 1. The van der Waals surface area contributed by atoms with Crippen LogP contribution in [0.4, 0.5) is 5.82 Å². The van der Waals surface area contributed by atoms with Crippen molar-refractivity contribution in [3.63, 3.8) is 0 Å². The van der Waals surface area contributed by atoms with Crippen LogP contribution in [0, 0.1) is 5.92 Å². The standard InChI is InChI=1S/C22H23N3O2/c23-21-12-20-11-18(5-6-19(20)13-24-21)16-1-3-17(4-2-16)22(27)25-9-7-15(14-26)8-10-25/h1-6,11-13,15,26H,7-10,14H2,(H2,23,24). The molecular formula is C22H23N3O2. The molecule has 3 N–H and O–H groups in total. The molecule has 0 atom stereocenters. The molecule has 138 valence electrons. The molecule has 2 heterocycles. The fourth-order valence-electron chi connectivity index (χ4n) is 3.64. The van der Waals surface area contributed by atoms with Crippen LogP contribution in [0.1, 0.15) is 23.2 Å². The zero-order chi connectivity index (χ0) is 18.8. The van der Waals surface area contributed by atoms with E-state index in [-0.39, 0.29) is 12.5 Å². The Labute approximate surface area is 158 Å². The maximum absolute atomic E-state index is 12.7. The van der Waals surface area contributed by atoms with Crippen LogP contribution in [0.3, 0.4) is 0 Å². The van der Waals surface area contributed by atoms with E-state index in [4.69, 9.17) is 5.73 Å². The molecule has 1 amide bonds. The number of nitrogens with two attached hydrogens (primary N) is 1. The Balaban J connectivity index is 1.53. The summed E-state index contributed by atoms with van der Waals surface area (Å²) in [5.74, 6) is 0.898. The molecule has 27 heavy (non-hydrogen) atoms. The Bertz CT molecular complexity index is 961. The molecule has 0 bridgehead atoms. The van der Waals surface area contributed by atoms with Crippen LogP contribution in [-0.2, 0) is 0 Å². The third-order valence-electron chi connectivity index (χ3n) is 5.37. The molecule has 1 saturated heterocycles. The van der Waals surface area contributed by atoms with Gasteiger partial charge in [-0.25, -0.2) is 4.98 Å². The molecule has 0 unspecified atom stereocenters. The molecule has 0 radical (unpaired) electrons. The molecule has 3 aromatic rings. The molecule has 0 saturated carbocycles. The van der Waals surface area contributed by atoms with Crippen molar-refractivity contribution in [1.29, 1.82) is 0 Å². The number of aromatic nitrogens is 1. The summed E-state index contributed by atoms with van der Waals surface area (Å²) in [6.45, 7) is 1.64. The number of hydrogen-bond donors (Lipinski definition) is 2. The van der Waals surface area contributed by atoms with E-state index < -0.39 is 0 Å². The minimum Gasteiger partial charge on any atom is -0.396 e. The maximum Gasteiger partial charge on any atom is 0.253 e. The number of aliphatic hydroxyl groups excluding tert-OH is 1. The van der Waals surface area contributed by atoms with Crippen molar-refractivity contribution in [2.24, 2.45) is 5.92 Å². The van der Waals surface area contributed by atoms with Gasteiger partial charge in [0.15, 0.2) is 0 Å². The van der Waals surface area contributed by atoms with Gasteiger partial charge in [-0.05, 0) is 59.5 Å². The molecule has 1 aromatic heterocycles. The average Bonchev–Trinajstić information content (AvgIpc) is 2.73. The second-order valence-corrected chi connectivity index (χ2v) is 7.17. The van der Waals surface area contributed by atoms with Gasteiger partial charge in [0.2, 0.25) is 0 Å². The normalized spacial score (nSPS) is 15.2. The smallest absolute Gasteiger partial charge is 0.253 e. The van der Waals surface area contributed by atoms with Crippen molar-refractivity contribution >= 4 is 22.5 Å². The highest BCUT2D eigenvalue weighted by Crippen LogP contribution is 2.26. The molecule has 5 nitrogen and oxygen atoms in total. The first kappa shape index (κ1) is 17.5. The van der Waals surface area contributed by atoms with E-state index in [0.29, 0.717) is 30.4 Å². The monoisotopic (exact) mass is 361 g/mol. The molecule has 0 aliphatic carbocycles. The van der Waals surface area contributed by atoms with Crippen molar-refractivity contribution in [3.05, 3.63) is 60.3 Å². The van der Waals surface area contributed by atoms with E-state index in [2.05, 4.69) is 17.1 Å². The number of aliphatic hydroxyl groups is 1. The number of benzene rings is 2. The zero-order valence-electron chi connectivity index (χ0n) is 15.1. The first-order chi connectivity index (χ1) is 13.1. The van der Waals surface area contributed by atoms with Gasteiger partial charge in [0.05, 0.1) is 0 Å². The largest absolute Gasteiger partial charge is 0.396 e. The minimum atomic E-state index is 0.0651. The highest BCUT2D eigenvalue weighted by molar-refractivity contribution is 5.95. The fraction of sp³-hybridized carbons (Fsp3) is 0.273. The second-order valence-electron chi connectivity index (χ2n) is 7.17. The predicted octanol–water partition coefficient (Wildman–Crippen LogP) is 3.33. The molecule has 1 aliphatic rings. The molecular weight excluding hydrogens is 338 g/mol. The Kier molecular flexibility index (Phi) is 4.77. The van der Waals surface area contributed by atoms with Gasteiger partial charge in [-0.1, -0.05) is 24.3 Å². The lowest BCUT2D eigenvalue weighted by Crippen LogP contribution is -2.39.